The highest BCUT2D eigenvalue weighted by atomic mass is 16.4. The van der Waals surface area contributed by atoms with Crippen molar-refractivity contribution in [3.8, 4) is 5.88 Å². The molecule has 0 bridgehead atoms. The van der Waals surface area contributed by atoms with E-state index in [0.29, 0.717) is 12.2 Å². The van der Waals surface area contributed by atoms with Crippen LogP contribution in [0.5, 0.6) is 5.88 Å². The maximum atomic E-state index is 12.8. The number of nitrogens with zero attached hydrogens (tertiary/aromatic N) is 4. The summed E-state index contributed by atoms with van der Waals surface area (Å²) >= 11 is 0. The number of aromatic hydroxyl groups is 1. The zero-order chi connectivity index (χ0) is 20.3. The Kier molecular flexibility index (Phi) is 5.58. The van der Waals surface area contributed by atoms with E-state index in [2.05, 4.69) is 9.98 Å². The standard InChI is InChI=1S/C20H22N4O4/c1-13(2)24-18(26)16(12-22-19-21-11-14(3)28-19)17(25)23(20(24)27)10-9-15-7-5-4-6-8-15/h4-8,11-13,25H,9-10H2,1-3H3/b22-12+. The molecule has 0 unspecified atom stereocenters. The van der Waals surface area contributed by atoms with E-state index in [4.69, 9.17) is 4.42 Å². The third-order valence-corrected chi connectivity index (χ3v) is 4.28. The first-order valence-corrected chi connectivity index (χ1v) is 8.97. The molecule has 0 aliphatic rings. The predicted octanol–water partition coefficient (Wildman–Crippen LogP) is 2.59. The molecule has 0 amide bonds. The third kappa shape index (κ3) is 3.95. The van der Waals surface area contributed by atoms with Gasteiger partial charge in [0, 0.05) is 12.6 Å². The minimum absolute atomic E-state index is 0.0643. The molecule has 146 valence electrons. The Labute approximate surface area is 161 Å². The Morgan fingerprint density at radius 3 is 2.57 bits per heavy atom. The second-order valence-electron chi connectivity index (χ2n) is 6.69. The fourth-order valence-electron chi connectivity index (χ4n) is 2.86. The van der Waals surface area contributed by atoms with Gasteiger partial charge in [-0.25, -0.2) is 9.79 Å². The number of aromatic nitrogens is 3. The van der Waals surface area contributed by atoms with Gasteiger partial charge in [0.25, 0.3) is 5.56 Å². The van der Waals surface area contributed by atoms with Crippen LogP contribution in [-0.2, 0) is 13.0 Å². The van der Waals surface area contributed by atoms with Crippen molar-refractivity contribution in [3.05, 3.63) is 74.3 Å². The quantitative estimate of drug-likeness (QED) is 0.660. The Morgan fingerprint density at radius 2 is 1.96 bits per heavy atom. The second-order valence-corrected chi connectivity index (χ2v) is 6.69. The topological polar surface area (TPSA) is 103 Å². The molecule has 0 saturated heterocycles. The Bertz CT molecular complexity index is 1110. The maximum Gasteiger partial charge on any atom is 0.334 e. The number of oxazole rings is 1. The van der Waals surface area contributed by atoms with Gasteiger partial charge >= 0.3 is 11.7 Å². The van der Waals surface area contributed by atoms with Gasteiger partial charge in [0.05, 0.1) is 12.4 Å². The van der Waals surface area contributed by atoms with Gasteiger partial charge in [-0.05, 0) is 32.8 Å². The van der Waals surface area contributed by atoms with Crippen LogP contribution >= 0.6 is 0 Å². The lowest BCUT2D eigenvalue weighted by molar-refractivity contribution is 0.381. The average molecular weight is 382 g/mol. The van der Waals surface area contributed by atoms with E-state index in [1.165, 1.54) is 17.0 Å². The second kappa shape index (κ2) is 8.08. The summed E-state index contributed by atoms with van der Waals surface area (Å²) in [6, 6.07) is 9.29. The molecule has 0 radical (unpaired) electrons. The van der Waals surface area contributed by atoms with Gasteiger partial charge in [-0.2, -0.15) is 4.98 Å². The molecule has 0 fully saturated rings. The summed E-state index contributed by atoms with van der Waals surface area (Å²) in [6.07, 6.45) is 3.21. The van der Waals surface area contributed by atoms with Gasteiger partial charge in [-0.3, -0.25) is 13.9 Å². The summed E-state index contributed by atoms with van der Waals surface area (Å²) in [7, 11) is 0. The SMILES string of the molecule is Cc1cnc(/N=C/c2c(O)n(CCc3ccccc3)c(=O)n(C(C)C)c2=O)o1. The fourth-order valence-corrected chi connectivity index (χ4v) is 2.86. The van der Waals surface area contributed by atoms with Crippen LogP contribution in [0.1, 0.15) is 36.8 Å². The van der Waals surface area contributed by atoms with Crippen LogP contribution in [0.2, 0.25) is 0 Å². The summed E-state index contributed by atoms with van der Waals surface area (Å²) in [4.78, 5) is 33.5. The van der Waals surface area contributed by atoms with Gasteiger partial charge in [0.2, 0.25) is 5.88 Å². The lowest BCUT2D eigenvalue weighted by atomic mass is 10.1. The lowest BCUT2D eigenvalue weighted by Crippen LogP contribution is -2.42. The molecule has 1 aromatic carbocycles. The number of hydrogen-bond acceptors (Lipinski definition) is 6. The van der Waals surface area contributed by atoms with Gasteiger partial charge < -0.3 is 9.52 Å². The maximum absolute atomic E-state index is 12.8. The number of aryl methyl sites for hydroxylation is 2. The first kappa shape index (κ1) is 19.3. The van der Waals surface area contributed by atoms with E-state index >= 15 is 0 Å². The molecule has 1 N–H and O–H groups in total. The number of aliphatic imine (C=N–C) groups is 1. The van der Waals surface area contributed by atoms with Gasteiger partial charge in [-0.15, -0.1) is 0 Å². The van der Waals surface area contributed by atoms with Gasteiger partial charge in [0.15, 0.2) is 0 Å². The minimum atomic E-state index is -0.611. The van der Waals surface area contributed by atoms with Crippen molar-refractivity contribution in [2.24, 2.45) is 4.99 Å². The first-order chi connectivity index (χ1) is 13.4. The molecule has 0 saturated carbocycles. The average Bonchev–Trinajstić information content (AvgIpc) is 3.07. The molecule has 2 aromatic heterocycles. The van der Waals surface area contributed by atoms with E-state index in [0.717, 1.165) is 10.1 Å². The molecule has 28 heavy (non-hydrogen) atoms. The molecule has 0 aliphatic heterocycles. The van der Waals surface area contributed by atoms with Crippen molar-refractivity contribution in [3.63, 3.8) is 0 Å². The Balaban J connectivity index is 2.05. The van der Waals surface area contributed by atoms with Crippen molar-refractivity contribution < 1.29 is 9.52 Å². The van der Waals surface area contributed by atoms with E-state index in [1.807, 2.05) is 30.3 Å². The van der Waals surface area contributed by atoms with E-state index < -0.39 is 17.1 Å². The summed E-state index contributed by atoms with van der Waals surface area (Å²) in [6.45, 7) is 5.42. The van der Waals surface area contributed by atoms with Crippen molar-refractivity contribution in [2.75, 3.05) is 0 Å². The molecule has 0 aliphatic carbocycles. The highest BCUT2D eigenvalue weighted by Crippen LogP contribution is 2.15. The molecule has 8 nitrogen and oxygen atoms in total. The Morgan fingerprint density at radius 1 is 1.25 bits per heavy atom. The van der Waals surface area contributed by atoms with Crippen LogP contribution in [0, 0.1) is 6.92 Å². The molecule has 3 aromatic rings. The summed E-state index contributed by atoms with van der Waals surface area (Å²) in [5.41, 5.74) is -0.239. The largest absolute Gasteiger partial charge is 0.494 e. The highest BCUT2D eigenvalue weighted by Gasteiger charge is 2.19. The van der Waals surface area contributed by atoms with E-state index in [1.54, 1.807) is 20.8 Å². The molecule has 0 spiro atoms. The van der Waals surface area contributed by atoms with Gasteiger partial charge in [0.1, 0.15) is 11.3 Å². The number of benzene rings is 1. The highest BCUT2D eigenvalue weighted by molar-refractivity contribution is 5.83. The molecule has 3 rings (SSSR count). The molecular weight excluding hydrogens is 360 g/mol. The van der Waals surface area contributed by atoms with Crippen LogP contribution in [0.15, 0.2) is 55.5 Å². The monoisotopic (exact) mass is 382 g/mol. The number of hydrogen-bond donors (Lipinski definition) is 1. The van der Waals surface area contributed by atoms with Crippen molar-refractivity contribution in [2.45, 2.75) is 39.8 Å². The number of rotatable bonds is 6. The van der Waals surface area contributed by atoms with E-state index in [-0.39, 0.29) is 24.2 Å². The zero-order valence-corrected chi connectivity index (χ0v) is 16.0. The Hall–Kier alpha value is -3.42. The van der Waals surface area contributed by atoms with E-state index in [9.17, 15) is 14.7 Å². The van der Waals surface area contributed by atoms with Crippen LogP contribution in [0.4, 0.5) is 6.01 Å². The molecular formula is C20H22N4O4. The van der Waals surface area contributed by atoms with Crippen LogP contribution < -0.4 is 11.2 Å². The van der Waals surface area contributed by atoms with Crippen LogP contribution in [0.3, 0.4) is 0 Å². The minimum Gasteiger partial charge on any atom is -0.494 e. The smallest absolute Gasteiger partial charge is 0.334 e. The van der Waals surface area contributed by atoms with Crippen molar-refractivity contribution >= 4 is 12.2 Å². The summed E-state index contributed by atoms with van der Waals surface area (Å²) in [5.74, 6) is 0.152. The predicted molar refractivity (Wildman–Crippen MR) is 106 cm³/mol. The van der Waals surface area contributed by atoms with Crippen LogP contribution in [-0.4, -0.2) is 25.4 Å². The van der Waals surface area contributed by atoms with Crippen LogP contribution in [0.25, 0.3) is 0 Å². The molecule has 2 heterocycles. The molecule has 0 atom stereocenters. The molecule has 8 heteroatoms. The summed E-state index contributed by atoms with van der Waals surface area (Å²) in [5, 5.41) is 10.6. The first-order valence-electron chi connectivity index (χ1n) is 8.97. The summed E-state index contributed by atoms with van der Waals surface area (Å²) < 4.78 is 7.55. The normalized spacial score (nSPS) is 11.6. The fraction of sp³-hybridized carbons (Fsp3) is 0.300. The van der Waals surface area contributed by atoms with Crippen molar-refractivity contribution in [1.82, 2.24) is 14.1 Å². The zero-order valence-electron chi connectivity index (χ0n) is 16.0. The van der Waals surface area contributed by atoms with Gasteiger partial charge in [-0.1, -0.05) is 30.3 Å². The lowest BCUT2D eigenvalue weighted by Gasteiger charge is -2.16. The third-order valence-electron chi connectivity index (χ3n) is 4.28. The van der Waals surface area contributed by atoms with Crippen molar-refractivity contribution in [1.29, 1.82) is 0 Å².